The van der Waals surface area contributed by atoms with Gasteiger partial charge in [0.2, 0.25) is 0 Å². The quantitative estimate of drug-likeness (QED) is 0.201. The Morgan fingerprint density at radius 2 is 1.66 bits per heavy atom. The van der Waals surface area contributed by atoms with Crippen LogP contribution in [0.2, 0.25) is 0 Å². The maximum atomic E-state index is 10.1. The minimum Gasteiger partial charge on any atom is -0.312 e. The van der Waals surface area contributed by atoms with Crippen molar-refractivity contribution in [3.05, 3.63) is 119 Å². The zero-order chi connectivity index (χ0) is 29.5. The van der Waals surface area contributed by atoms with E-state index in [1.54, 1.807) is 0 Å². The Labute approximate surface area is 253 Å². The van der Waals surface area contributed by atoms with Crippen molar-refractivity contribution in [2.75, 3.05) is 0 Å². The lowest BCUT2D eigenvalue weighted by atomic mass is 9.85. The van der Waals surface area contributed by atoms with Gasteiger partial charge in [-0.3, -0.25) is 0 Å². The highest BCUT2D eigenvalue weighted by molar-refractivity contribution is 6.21. The van der Waals surface area contributed by atoms with Crippen LogP contribution in [0, 0.1) is 39.9 Å². The summed E-state index contributed by atoms with van der Waals surface area (Å²) in [5, 5.41) is 33.2. The third-order valence-corrected chi connectivity index (χ3v) is 9.51. The molecule has 4 aromatic carbocycles. The Hall–Kier alpha value is -6.09. The standard InChI is InChI=1S/C39H23N5/c40-20-23-13-16-34-31(18-23)28-8-5-9-30-37-27(26-14-12-24(21-41)19-36(26)44(34)39(28)30)15-17-35-38(37)29-7-2-4-11-33(29)43(35)32-10-3-1-6-25(32)22-42/h1,3-6,8-18,24H,2,7,19H2. The first-order valence-corrected chi connectivity index (χ1v) is 14.9. The van der Waals surface area contributed by atoms with Crippen LogP contribution >= 0.6 is 0 Å². The van der Waals surface area contributed by atoms with Gasteiger partial charge in [-0.1, -0.05) is 54.6 Å². The van der Waals surface area contributed by atoms with Crippen LogP contribution in [0.4, 0.5) is 0 Å². The lowest BCUT2D eigenvalue weighted by molar-refractivity contribution is 0.826. The van der Waals surface area contributed by atoms with Gasteiger partial charge in [-0.15, -0.1) is 0 Å². The number of aromatic nitrogens is 2. The van der Waals surface area contributed by atoms with Gasteiger partial charge in [-0.25, -0.2) is 0 Å². The van der Waals surface area contributed by atoms with Crippen molar-refractivity contribution < 1.29 is 0 Å². The molecule has 1 atom stereocenters. The van der Waals surface area contributed by atoms with Crippen molar-refractivity contribution in [3.8, 4) is 35.0 Å². The van der Waals surface area contributed by atoms with Gasteiger partial charge in [0.1, 0.15) is 6.07 Å². The summed E-state index contributed by atoms with van der Waals surface area (Å²) in [6.07, 6.45) is 11.1. The smallest absolute Gasteiger partial charge is 0.101 e. The fraction of sp³-hybridized carbons (Fsp3) is 0.103. The van der Waals surface area contributed by atoms with Crippen LogP contribution in [0.15, 0.2) is 91.0 Å². The molecule has 3 aliphatic rings. The Morgan fingerprint density at radius 3 is 2.52 bits per heavy atom. The summed E-state index contributed by atoms with van der Waals surface area (Å²) in [5.74, 6) is -0.224. The maximum absolute atomic E-state index is 10.1. The fourth-order valence-corrected chi connectivity index (χ4v) is 7.72. The van der Waals surface area contributed by atoms with Gasteiger partial charge in [-0.05, 0) is 66.4 Å². The van der Waals surface area contributed by atoms with E-state index in [1.807, 2.05) is 42.5 Å². The normalized spacial score (nSPS) is 16.2. The summed E-state index contributed by atoms with van der Waals surface area (Å²) in [7, 11) is 0. The summed E-state index contributed by atoms with van der Waals surface area (Å²) < 4.78 is 4.61. The molecule has 0 saturated heterocycles. The van der Waals surface area contributed by atoms with Crippen molar-refractivity contribution >= 4 is 50.1 Å². The van der Waals surface area contributed by atoms with Crippen molar-refractivity contribution in [1.82, 2.24) is 9.13 Å². The molecule has 5 heteroatoms. The third kappa shape index (κ3) is 3.10. The number of nitriles is 3. The first kappa shape index (κ1) is 24.5. The van der Waals surface area contributed by atoms with E-state index in [1.165, 1.54) is 16.5 Å². The average Bonchev–Trinajstić information content (AvgIpc) is 3.56. The summed E-state index contributed by atoms with van der Waals surface area (Å²) in [6.45, 7) is 0. The zero-order valence-electron chi connectivity index (χ0n) is 23.7. The fourth-order valence-electron chi connectivity index (χ4n) is 7.72. The zero-order valence-corrected chi connectivity index (χ0v) is 23.7. The highest BCUT2D eigenvalue weighted by Gasteiger charge is 2.32. The number of aryl methyl sites for hydroxylation is 1. The molecule has 0 spiro atoms. The highest BCUT2D eigenvalue weighted by atomic mass is 15.0. The molecule has 1 aliphatic heterocycles. The van der Waals surface area contributed by atoms with E-state index in [4.69, 9.17) is 0 Å². The van der Waals surface area contributed by atoms with Crippen molar-refractivity contribution in [2.24, 2.45) is 5.92 Å². The first-order chi connectivity index (χ1) is 21.7. The molecule has 6 aromatic rings. The third-order valence-electron chi connectivity index (χ3n) is 9.51. The Bertz CT molecular complexity index is 2510. The monoisotopic (exact) mass is 561 g/mol. The van der Waals surface area contributed by atoms with Crippen LogP contribution < -0.4 is 0 Å². The summed E-state index contributed by atoms with van der Waals surface area (Å²) in [6, 6.07) is 31.9. The second-order valence-corrected chi connectivity index (χ2v) is 11.7. The van der Waals surface area contributed by atoms with E-state index >= 15 is 0 Å². The molecule has 0 radical (unpaired) electrons. The SMILES string of the molecule is N#Cc1ccc2c(c1)c1cccc3c1n2C1=C(C=CC(C#N)C1)c1ccc2c(c4c(n2-c2ccccc2C#N)C=CCC4)c1-3. The summed E-state index contributed by atoms with van der Waals surface area (Å²) in [5.41, 5.74) is 13.5. The van der Waals surface area contributed by atoms with E-state index in [9.17, 15) is 15.8 Å². The minimum absolute atomic E-state index is 0.224. The van der Waals surface area contributed by atoms with Crippen LogP contribution in [0.25, 0.3) is 66.9 Å². The number of benzene rings is 4. The van der Waals surface area contributed by atoms with E-state index in [0.717, 1.165) is 73.9 Å². The molecule has 0 fully saturated rings. The lowest BCUT2D eigenvalue weighted by Crippen LogP contribution is -2.08. The molecule has 0 saturated carbocycles. The molecule has 204 valence electrons. The molecule has 0 bridgehead atoms. The predicted octanol–water partition coefficient (Wildman–Crippen LogP) is 8.89. The van der Waals surface area contributed by atoms with E-state index < -0.39 is 0 Å². The molecule has 3 heterocycles. The Morgan fingerprint density at radius 1 is 0.773 bits per heavy atom. The molecule has 9 rings (SSSR count). The lowest BCUT2D eigenvalue weighted by Gasteiger charge is -2.21. The second kappa shape index (κ2) is 8.95. The van der Waals surface area contributed by atoms with Gasteiger partial charge in [0, 0.05) is 50.7 Å². The number of hydrogen-bond acceptors (Lipinski definition) is 3. The van der Waals surface area contributed by atoms with Gasteiger partial charge in [-0.2, -0.15) is 15.8 Å². The number of fused-ring (bicyclic) bond motifs is 11. The second-order valence-electron chi connectivity index (χ2n) is 11.7. The molecule has 0 amide bonds. The molecule has 5 nitrogen and oxygen atoms in total. The van der Waals surface area contributed by atoms with Crippen LogP contribution in [0.1, 0.15) is 40.8 Å². The molecule has 44 heavy (non-hydrogen) atoms. The molecule has 0 N–H and O–H groups in total. The molecule has 2 aromatic heterocycles. The number of allylic oxidation sites excluding steroid dienone is 5. The number of para-hydroxylation sites is 2. The molecule has 2 aliphatic carbocycles. The maximum Gasteiger partial charge on any atom is 0.101 e. The molecule has 1 unspecified atom stereocenters. The average molecular weight is 562 g/mol. The minimum atomic E-state index is -0.224. The van der Waals surface area contributed by atoms with Gasteiger partial charge < -0.3 is 9.13 Å². The van der Waals surface area contributed by atoms with Gasteiger partial charge in [0.05, 0.1) is 51.4 Å². The summed E-state index contributed by atoms with van der Waals surface area (Å²) in [4.78, 5) is 0. The first-order valence-electron chi connectivity index (χ1n) is 14.9. The number of hydrogen-bond donors (Lipinski definition) is 0. The number of rotatable bonds is 1. The summed E-state index contributed by atoms with van der Waals surface area (Å²) >= 11 is 0. The van der Waals surface area contributed by atoms with Gasteiger partial charge in [0.25, 0.3) is 0 Å². The Balaban J connectivity index is 1.50. The predicted molar refractivity (Wildman–Crippen MR) is 174 cm³/mol. The van der Waals surface area contributed by atoms with Crippen LogP contribution in [-0.4, -0.2) is 9.13 Å². The van der Waals surface area contributed by atoms with Gasteiger partial charge >= 0.3 is 0 Å². The van der Waals surface area contributed by atoms with Crippen molar-refractivity contribution in [2.45, 2.75) is 19.3 Å². The van der Waals surface area contributed by atoms with Crippen molar-refractivity contribution in [3.63, 3.8) is 0 Å². The van der Waals surface area contributed by atoms with Crippen LogP contribution in [0.5, 0.6) is 0 Å². The van der Waals surface area contributed by atoms with Crippen LogP contribution in [-0.2, 0) is 6.42 Å². The van der Waals surface area contributed by atoms with Crippen LogP contribution in [0.3, 0.4) is 0 Å². The van der Waals surface area contributed by atoms with E-state index in [0.29, 0.717) is 17.5 Å². The molecular formula is C39H23N5. The molecular weight excluding hydrogens is 538 g/mol. The number of nitrogens with zero attached hydrogens (tertiary/aromatic N) is 5. The van der Waals surface area contributed by atoms with Gasteiger partial charge in [0.15, 0.2) is 0 Å². The van der Waals surface area contributed by atoms with E-state index in [-0.39, 0.29) is 5.92 Å². The highest BCUT2D eigenvalue weighted by Crippen LogP contribution is 2.51. The Kier molecular flexibility index (Phi) is 4.99. The van der Waals surface area contributed by atoms with E-state index in [2.05, 4.69) is 82.0 Å². The largest absolute Gasteiger partial charge is 0.312 e. The van der Waals surface area contributed by atoms with Crippen molar-refractivity contribution in [1.29, 1.82) is 15.8 Å². The topological polar surface area (TPSA) is 81.2 Å².